The van der Waals surface area contributed by atoms with Gasteiger partial charge < -0.3 is 10.6 Å². The summed E-state index contributed by atoms with van der Waals surface area (Å²) in [6.45, 7) is 2.75. The highest BCUT2D eigenvalue weighted by Crippen LogP contribution is 2.31. The molecule has 0 saturated carbocycles. The molecule has 1 amide bonds. The van der Waals surface area contributed by atoms with E-state index in [0.29, 0.717) is 12.6 Å². The van der Waals surface area contributed by atoms with Crippen LogP contribution in [0.1, 0.15) is 36.8 Å². The second kappa shape index (κ2) is 6.01. The summed E-state index contributed by atoms with van der Waals surface area (Å²) in [5.74, 6) is 0.211. The molecule has 2 rings (SSSR count). The fourth-order valence-corrected chi connectivity index (χ4v) is 2.51. The molecule has 98 valence electrons. The summed E-state index contributed by atoms with van der Waals surface area (Å²) in [7, 11) is 1.91. The number of hydrogen-bond donors (Lipinski definition) is 2. The third-order valence-electron chi connectivity index (χ3n) is 3.76. The van der Waals surface area contributed by atoms with E-state index in [1.54, 1.807) is 0 Å². The zero-order valence-electron chi connectivity index (χ0n) is 11.2. The van der Waals surface area contributed by atoms with Gasteiger partial charge in [-0.2, -0.15) is 0 Å². The first-order chi connectivity index (χ1) is 8.72. The minimum Gasteiger partial charge on any atom is -0.354 e. The van der Waals surface area contributed by atoms with Gasteiger partial charge in [0.2, 0.25) is 5.91 Å². The van der Waals surface area contributed by atoms with Gasteiger partial charge in [0.1, 0.15) is 0 Å². The van der Waals surface area contributed by atoms with E-state index in [-0.39, 0.29) is 11.8 Å². The lowest BCUT2D eigenvalue weighted by atomic mass is 9.82. The molecule has 0 spiro atoms. The molecule has 0 fully saturated rings. The van der Waals surface area contributed by atoms with Gasteiger partial charge in [0.15, 0.2) is 0 Å². The average molecular weight is 246 g/mol. The Bertz CT molecular complexity index is 417. The maximum Gasteiger partial charge on any atom is 0.227 e. The van der Waals surface area contributed by atoms with Gasteiger partial charge in [0, 0.05) is 12.6 Å². The van der Waals surface area contributed by atoms with E-state index in [1.165, 1.54) is 11.1 Å². The number of fused-ring (bicyclic) bond motifs is 1. The van der Waals surface area contributed by atoms with Crippen LogP contribution in [0.5, 0.6) is 0 Å². The van der Waals surface area contributed by atoms with Gasteiger partial charge in [0.05, 0.1) is 5.92 Å². The molecular weight excluding hydrogens is 224 g/mol. The molecular formula is C15H22N2O. The first-order valence-electron chi connectivity index (χ1n) is 6.75. The van der Waals surface area contributed by atoms with Crippen molar-refractivity contribution < 1.29 is 4.79 Å². The monoisotopic (exact) mass is 246 g/mol. The summed E-state index contributed by atoms with van der Waals surface area (Å²) < 4.78 is 0. The molecule has 2 N–H and O–H groups in total. The number of amides is 1. The summed E-state index contributed by atoms with van der Waals surface area (Å²) in [6, 6.07) is 8.64. The third-order valence-corrected chi connectivity index (χ3v) is 3.76. The highest BCUT2D eigenvalue weighted by Gasteiger charge is 2.25. The van der Waals surface area contributed by atoms with Crippen molar-refractivity contribution in [3.05, 3.63) is 35.4 Å². The van der Waals surface area contributed by atoms with Crippen molar-refractivity contribution in [1.29, 1.82) is 0 Å². The van der Waals surface area contributed by atoms with Crippen molar-refractivity contribution in [3.63, 3.8) is 0 Å². The lowest BCUT2D eigenvalue weighted by molar-refractivity contribution is -0.122. The van der Waals surface area contributed by atoms with E-state index < -0.39 is 0 Å². The number of rotatable bonds is 4. The highest BCUT2D eigenvalue weighted by atomic mass is 16.1. The SMILES string of the molecule is CNC(C)CNC(=O)C1CCCc2ccccc21. The van der Waals surface area contributed by atoms with Gasteiger partial charge in [-0.1, -0.05) is 24.3 Å². The summed E-state index contributed by atoms with van der Waals surface area (Å²) in [4.78, 5) is 12.2. The second-order valence-electron chi connectivity index (χ2n) is 5.08. The molecule has 2 atom stereocenters. The van der Waals surface area contributed by atoms with Crippen LogP contribution in [0.4, 0.5) is 0 Å². The van der Waals surface area contributed by atoms with E-state index in [9.17, 15) is 4.79 Å². The molecule has 1 aromatic rings. The lowest BCUT2D eigenvalue weighted by Crippen LogP contribution is -2.40. The van der Waals surface area contributed by atoms with Crippen LogP contribution in [-0.4, -0.2) is 25.5 Å². The number of carbonyl (C=O) groups is 1. The van der Waals surface area contributed by atoms with Crippen LogP contribution in [0.15, 0.2) is 24.3 Å². The maximum absolute atomic E-state index is 12.2. The van der Waals surface area contributed by atoms with Crippen molar-refractivity contribution in [3.8, 4) is 0 Å². The number of hydrogen-bond acceptors (Lipinski definition) is 2. The normalized spacial score (nSPS) is 20.0. The van der Waals surface area contributed by atoms with E-state index in [1.807, 2.05) is 13.1 Å². The molecule has 0 bridgehead atoms. The van der Waals surface area contributed by atoms with Gasteiger partial charge in [-0.15, -0.1) is 0 Å². The zero-order valence-corrected chi connectivity index (χ0v) is 11.2. The molecule has 0 heterocycles. The van der Waals surface area contributed by atoms with Gasteiger partial charge in [-0.05, 0) is 44.4 Å². The van der Waals surface area contributed by atoms with E-state index >= 15 is 0 Å². The van der Waals surface area contributed by atoms with Crippen LogP contribution < -0.4 is 10.6 Å². The highest BCUT2D eigenvalue weighted by molar-refractivity contribution is 5.84. The minimum absolute atomic E-state index is 0.0407. The first-order valence-corrected chi connectivity index (χ1v) is 6.75. The first kappa shape index (κ1) is 13.1. The summed E-state index contributed by atoms with van der Waals surface area (Å²) in [5.41, 5.74) is 2.56. The van der Waals surface area contributed by atoms with E-state index in [4.69, 9.17) is 0 Å². The van der Waals surface area contributed by atoms with E-state index in [2.05, 4.69) is 35.8 Å². The molecule has 1 aliphatic carbocycles. The molecule has 1 aliphatic rings. The van der Waals surface area contributed by atoms with Crippen LogP contribution >= 0.6 is 0 Å². The Morgan fingerprint density at radius 1 is 1.44 bits per heavy atom. The second-order valence-corrected chi connectivity index (χ2v) is 5.08. The predicted octanol–water partition coefficient (Wildman–Crippen LogP) is 1.83. The Hall–Kier alpha value is -1.35. The minimum atomic E-state index is 0.0407. The predicted molar refractivity (Wildman–Crippen MR) is 73.7 cm³/mol. The maximum atomic E-state index is 12.2. The van der Waals surface area contributed by atoms with Crippen molar-refractivity contribution in [2.24, 2.45) is 0 Å². The van der Waals surface area contributed by atoms with Crippen molar-refractivity contribution in [1.82, 2.24) is 10.6 Å². The Morgan fingerprint density at radius 3 is 3.00 bits per heavy atom. The number of aryl methyl sites for hydroxylation is 1. The molecule has 3 heteroatoms. The standard InChI is InChI=1S/C15H22N2O/c1-11(16-2)10-17-15(18)14-9-5-7-12-6-3-4-8-13(12)14/h3-4,6,8,11,14,16H,5,7,9-10H2,1-2H3,(H,17,18). The van der Waals surface area contributed by atoms with Crippen LogP contribution in [-0.2, 0) is 11.2 Å². The number of likely N-dealkylation sites (N-methyl/N-ethyl adjacent to an activating group) is 1. The third kappa shape index (κ3) is 2.91. The van der Waals surface area contributed by atoms with Crippen LogP contribution in [0.3, 0.4) is 0 Å². The Balaban J connectivity index is 2.04. The van der Waals surface area contributed by atoms with Gasteiger partial charge >= 0.3 is 0 Å². The molecule has 3 nitrogen and oxygen atoms in total. The molecule has 0 aromatic heterocycles. The molecule has 2 unspecified atom stereocenters. The lowest BCUT2D eigenvalue weighted by Gasteiger charge is -2.25. The van der Waals surface area contributed by atoms with Gasteiger partial charge in [-0.25, -0.2) is 0 Å². The molecule has 1 aromatic carbocycles. The van der Waals surface area contributed by atoms with Crippen LogP contribution in [0.25, 0.3) is 0 Å². The largest absolute Gasteiger partial charge is 0.354 e. The Kier molecular flexibility index (Phi) is 4.37. The number of benzene rings is 1. The topological polar surface area (TPSA) is 41.1 Å². The van der Waals surface area contributed by atoms with Gasteiger partial charge in [0.25, 0.3) is 0 Å². The van der Waals surface area contributed by atoms with Crippen molar-refractivity contribution in [2.75, 3.05) is 13.6 Å². The molecule has 0 saturated heterocycles. The van der Waals surface area contributed by atoms with E-state index in [0.717, 1.165) is 19.3 Å². The quantitative estimate of drug-likeness (QED) is 0.851. The number of nitrogens with one attached hydrogen (secondary N) is 2. The summed E-state index contributed by atoms with van der Waals surface area (Å²) >= 11 is 0. The Morgan fingerprint density at radius 2 is 2.22 bits per heavy atom. The zero-order chi connectivity index (χ0) is 13.0. The van der Waals surface area contributed by atoms with Crippen LogP contribution in [0.2, 0.25) is 0 Å². The average Bonchev–Trinajstić information content (AvgIpc) is 2.43. The molecule has 18 heavy (non-hydrogen) atoms. The Labute approximate surface area is 109 Å². The van der Waals surface area contributed by atoms with Gasteiger partial charge in [-0.3, -0.25) is 4.79 Å². The van der Waals surface area contributed by atoms with Crippen molar-refractivity contribution in [2.45, 2.75) is 38.1 Å². The summed E-state index contributed by atoms with van der Waals surface area (Å²) in [6.07, 6.45) is 3.18. The fraction of sp³-hybridized carbons (Fsp3) is 0.533. The fourth-order valence-electron chi connectivity index (χ4n) is 2.51. The summed E-state index contributed by atoms with van der Waals surface area (Å²) in [5, 5.41) is 6.17. The van der Waals surface area contributed by atoms with Crippen LogP contribution in [0, 0.1) is 0 Å². The van der Waals surface area contributed by atoms with Crippen molar-refractivity contribution >= 4 is 5.91 Å². The number of carbonyl (C=O) groups excluding carboxylic acids is 1. The molecule has 0 aliphatic heterocycles. The molecule has 0 radical (unpaired) electrons. The smallest absolute Gasteiger partial charge is 0.227 e.